The van der Waals surface area contributed by atoms with Crippen molar-refractivity contribution in [3.8, 4) is 0 Å². The highest BCUT2D eigenvalue weighted by Crippen LogP contribution is 2.25. The van der Waals surface area contributed by atoms with Crippen molar-refractivity contribution in [2.45, 2.75) is 11.0 Å². The molecule has 0 aliphatic carbocycles. The zero-order valence-corrected chi connectivity index (χ0v) is 11.8. The van der Waals surface area contributed by atoms with Crippen LogP contribution < -0.4 is 0 Å². The Morgan fingerprint density at radius 2 is 1.76 bits per heavy atom. The van der Waals surface area contributed by atoms with Crippen molar-refractivity contribution >= 4 is 27.7 Å². The lowest BCUT2D eigenvalue weighted by molar-refractivity contribution is 0.220. The maximum Gasteiger partial charge on any atom is 0.104 e. The van der Waals surface area contributed by atoms with Gasteiger partial charge < -0.3 is 5.11 Å². The molecule has 0 aliphatic rings. The second-order valence-electron chi connectivity index (χ2n) is 3.73. The van der Waals surface area contributed by atoms with Gasteiger partial charge in [0.25, 0.3) is 0 Å². The van der Waals surface area contributed by atoms with Crippen molar-refractivity contribution in [2.24, 2.45) is 0 Å². The minimum absolute atomic E-state index is 0.566. The second-order valence-corrected chi connectivity index (χ2v) is 5.53. The van der Waals surface area contributed by atoms with Gasteiger partial charge >= 0.3 is 0 Å². The van der Waals surface area contributed by atoms with Gasteiger partial charge in [0.1, 0.15) is 6.10 Å². The van der Waals surface area contributed by atoms with E-state index in [0.717, 1.165) is 15.6 Å². The van der Waals surface area contributed by atoms with Crippen LogP contribution in [-0.2, 0) is 0 Å². The van der Waals surface area contributed by atoms with Gasteiger partial charge in [-0.05, 0) is 41.6 Å². The summed E-state index contributed by atoms with van der Waals surface area (Å²) in [6.07, 6.45) is 1.48. The summed E-state index contributed by atoms with van der Waals surface area (Å²) in [5, 5.41) is 10.3. The molecule has 3 heteroatoms. The summed E-state index contributed by atoms with van der Waals surface area (Å²) in [4.78, 5) is 1.20. The van der Waals surface area contributed by atoms with Crippen LogP contribution in [0.25, 0.3) is 0 Å². The molecule has 0 radical (unpaired) electrons. The van der Waals surface area contributed by atoms with Gasteiger partial charge in [-0.25, -0.2) is 0 Å². The summed E-state index contributed by atoms with van der Waals surface area (Å²) in [6, 6.07) is 15.7. The molecule has 2 aromatic carbocycles. The average Bonchev–Trinajstić information content (AvgIpc) is 2.38. The van der Waals surface area contributed by atoms with E-state index < -0.39 is 6.10 Å². The predicted molar refractivity (Wildman–Crippen MR) is 76.4 cm³/mol. The lowest BCUT2D eigenvalue weighted by atomic mass is 10.0. The van der Waals surface area contributed by atoms with Crippen molar-refractivity contribution in [3.63, 3.8) is 0 Å². The lowest BCUT2D eigenvalue weighted by Gasteiger charge is -2.12. The predicted octanol–water partition coefficient (Wildman–Crippen LogP) is 4.25. The average molecular weight is 309 g/mol. The molecule has 0 aromatic heterocycles. The number of benzene rings is 2. The van der Waals surface area contributed by atoms with Crippen LogP contribution in [-0.4, -0.2) is 11.4 Å². The minimum Gasteiger partial charge on any atom is -0.384 e. The molecule has 2 aromatic rings. The van der Waals surface area contributed by atoms with Crippen molar-refractivity contribution in [2.75, 3.05) is 6.26 Å². The first kappa shape index (κ1) is 12.7. The zero-order chi connectivity index (χ0) is 12.3. The van der Waals surface area contributed by atoms with Gasteiger partial charge in [-0.1, -0.05) is 40.2 Å². The molecule has 1 atom stereocenters. The first-order valence-corrected chi connectivity index (χ1v) is 7.30. The monoisotopic (exact) mass is 308 g/mol. The normalized spacial score (nSPS) is 12.4. The highest BCUT2D eigenvalue weighted by molar-refractivity contribution is 9.10. The molecule has 2 rings (SSSR count). The van der Waals surface area contributed by atoms with Crippen LogP contribution in [0.5, 0.6) is 0 Å². The Bertz CT molecular complexity index is 496. The molecule has 17 heavy (non-hydrogen) atoms. The smallest absolute Gasteiger partial charge is 0.104 e. The number of rotatable bonds is 3. The van der Waals surface area contributed by atoms with Crippen molar-refractivity contribution in [1.82, 2.24) is 0 Å². The summed E-state index contributed by atoms with van der Waals surface area (Å²) in [6.45, 7) is 0. The topological polar surface area (TPSA) is 20.2 Å². The van der Waals surface area contributed by atoms with Crippen LogP contribution in [0, 0.1) is 0 Å². The van der Waals surface area contributed by atoms with E-state index in [-0.39, 0.29) is 0 Å². The van der Waals surface area contributed by atoms with Gasteiger partial charge in [-0.3, -0.25) is 0 Å². The van der Waals surface area contributed by atoms with Crippen molar-refractivity contribution in [3.05, 3.63) is 64.1 Å². The van der Waals surface area contributed by atoms with Gasteiger partial charge in [-0.15, -0.1) is 11.8 Å². The number of halogens is 1. The Kier molecular flexibility index (Phi) is 4.26. The van der Waals surface area contributed by atoms with Crippen LogP contribution in [0.15, 0.2) is 57.9 Å². The van der Waals surface area contributed by atoms with E-state index in [1.54, 1.807) is 11.8 Å². The minimum atomic E-state index is -0.566. The molecule has 0 unspecified atom stereocenters. The van der Waals surface area contributed by atoms with E-state index in [9.17, 15) is 5.11 Å². The Morgan fingerprint density at radius 1 is 1.06 bits per heavy atom. The summed E-state index contributed by atoms with van der Waals surface area (Å²) in [5.41, 5.74) is 1.82. The molecule has 1 nitrogen and oxygen atoms in total. The Morgan fingerprint density at radius 3 is 2.35 bits per heavy atom. The van der Waals surface area contributed by atoms with Gasteiger partial charge in [0, 0.05) is 9.37 Å². The molecule has 0 saturated carbocycles. The first-order chi connectivity index (χ1) is 8.20. The fourth-order valence-corrected chi connectivity index (χ4v) is 2.48. The number of hydrogen-bond acceptors (Lipinski definition) is 2. The Hall–Kier alpha value is -0.770. The fraction of sp³-hybridized carbons (Fsp3) is 0.143. The molecule has 0 heterocycles. The number of aliphatic hydroxyl groups excluding tert-OH is 1. The molecule has 0 aliphatic heterocycles. The third-order valence-electron chi connectivity index (χ3n) is 2.60. The third-order valence-corrected chi connectivity index (χ3v) is 3.83. The van der Waals surface area contributed by atoms with Gasteiger partial charge in [0.2, 0.25) is 0 Å². The Labute approximate surface area is 114 Å². The van der Waals surface area contributed by atoms with Crippen LogP contribution >= 0.6 is 27.7 Å². The Balaban J connectivity index is 2.27. The molecule has 0 bridgehead atoms. The maximum absolute atomic E-state index is 10.3. The highest BCUT2D eigenvalue weighted by atomic mass is 79.9. The highest BCUT2D eigenvalue weighted by Gasteiger charge is 2.10. The second kappa shape index (κ2) is 5.71. The number of hydrogen-bond donors (Lipinski definition) is 1. The number of thioether (sulfide) groups is 1. The van der Waals surface area contributed by atoms with Crippen LogP contribution in [0.3, 0.4) is 0 Å². The van der Waals surface area contributed by atoms with Crippen LogP contribution in [0.4, 0.5) is 0 Å². The van der Waals surface area contributed by atoms with E-state index in [1.807, 2.05) is 54.8 Å². The molecule has 0 amide bonds. The van der Waals surface area contributed by atoms with E-state index in [2.05, 4.69) is 15.9 Å². The summed E-state index contributed by atoms with van der Waals surface area (Å²) in [7, 11) is 0. The van der Waals surface area contributed by atoms with E-state index in [4.69, 9.17) is 0 Å². The summed E-state index contributed by atoms with van der Waals surface area (Å²) >= 11 is 5.11. The number of aliphatic hydroxyl groups is 1. The van der Waals surface area contributed by atoms with E-state index in [1.165, 1.54) is 4.90 Å². The zero-order valence-electron chi connectivity index (χ0n) is 9.43. The first-order valence-electron chi connectivity index (χ1n) is 5.28. The maximum atomic E-state index is 10.3. The molecule has 1 N–H and O–H groups in total. The van der Waals surface area contributed by atoms with Crippen LogP contribution in [0.2, 0.25) is 0 Å². The quantitative estimate of drug-likeness (QED) is 0.855. The van der Waals surface area contributed by atoms with Gasteiger partial charge in [0.15, 0.2) is 0 Å². The van der Waals surface area contributed by atoms with Crippen molar-refractivity contribution in [1.29, 1.82) is 0 Å². The largest absolute Gasteiger partial charge is 0.384 e. The van der Waals surface area contributed by atoms with E-state index in [0.29, 0.717) is 0 Å². The molecular weight excluding hydrogens is 296 g/mol. The molecule has 88 valence electrons. The molecule has 0 fully saturated rings. The molecule has 0 spiro atoms. The van der Waals surface area contributed by atoms with Gasteiger partial charge in [0.05, 0.1) is 0 Å². The van der Waals surface area contributed by atoms with E-state index >= 15 is 0 Å². The van der Waals surface area contributed by atoms with Crippen LogP contribution in [0.1, 0.15) is 17.2 Å². The third kappa shape index (κ3) is 3.12. The molecule has 0 saturated heterocycles. The fourth-order valence-electron chi connectivity index (χ4n) is 1.66. The SMILES string of the molecule is CSc1ccc([C@@H](O)c2cccc(Br)c2)cc1. The van der Waals surface area contributed by atoms with Crippen molar-refractivity contribution < 1.29 is 5.11 Å². The molecular formula is C14H13BrOS. The summed E-state index contributed by atoms with van der Waals surface area (Å²) < 4.78 is 0.981. The standard InChI is InChI=1S/C14H13BrOS/c1-17-13-7-5-10(6-8-13)14(16)11-3-2-4-12(15)9-11/h2-9,14,16H,1H3/t14-/m1/s1. The lowest BCUT2D eigenvalue weighted by Crippen LogP contribution is -1.99. The van der Waals surface area contributed by atoms with Gasteiger partial charge in [-0.2, -0.15) is 0 Å². The summed E-state index contributed by atoms with van der Waals surface area (Å²) in [5.74, 6) is 0.